The van der Waals surface area contributed by atoms with Crippen molar-refractivity contribution in [3.63, 3.8) is 0 Å². The van der Waals surface area contributed by atoms with Gasteiger partial charge < -0.3 is 19.5 Å². The van der Waals surface area contributed by atoms with E-state index in [0.717, 1.165) is 0 Å². The van der Waals surface area contributed by atoms with Crippen molar-refractivity contribution in [3.05, 3.63) is 0 Å². The van der Waals surface area contributed by atoms with Gasteiger partial charge in [-0.1, -0.05) is 0 Å². The highest BCUT2D eigenvalue weighted by Gasteiger charge is 2.37. The summed E-state index contributed by atoms with van der Waals surface area (Å²) in [5.74, 6) is -0.287. The van der Waals surface area contributed by atoms with Crippen LogP contribution in [0.25, 0.3) is 0 Å². The highest BCUT2D eigenvalue weighted by molar-refractivity contribution is 5.71. The zero-order valence-corrected chi connectivity index (χ0v) is 12.0. The minimum absolute atomic E-state index is 0.0112. The monoisotopic (exact) mass is 273 g/mol. The molecule has 0 aromatic heterocycles. The molecular weight excluding hydrogens is 250 g/mol. The van der Waals surface area contributed by atoms with Crippen molar-refractivity contribution in [1.29, 1.82) is 0 Å². The topological polar surface area (TPSA) is 76.1 Å². The number of aliphatic hydroxyl groups excluding tert-OH is 1. The summed E-state index contributed by atoms with van der Waals surface area (Å²) in [7, 11) is 1.34. The lowest BCUT2D eigenvalue weighted by Crippen LogP contribution is -2.41. The van der Waals surface area contributed by atoms with Gasteiger partial charge in [0.25, 0.3) is 0 Å². The number of esters is 1. The molecule has 1 amide bonds. The van der Waals surface area contributed by atoms with E-state index in [-0.39, 0.29) is 31.0 Å². The Labute approximate surface area is 113 Å². The number of aliphatic hydroxyl groups is 1. The Hall–Kier alpha value is -1.30. The van der Waals surface area contributed by atoms with E-state index in [9.17, 15) is 14.7 Å². The molecule has 0 unspecified atom stereocenters. The molecule has 1 aliphatic rings. The van der Waals surface area contributed by atoms with Crippen molar-refractivity contribution in [2.75, 3.05) is 20.3 Å². The average Bonchev–Trinajstić information content (AvgIpc) is 2.69. The second kappa shape index (κ2) is 6.23. The van der Waals surface area contributed by atoms with Gasteiger partial charge in [0.1, 0.15) is 5.60 Å². The Morgan fingerprint density at radius 2 is 2.00 bits per heavy atom. The van der Waals surface area contributed by atoms with Gasteiger partial charge in [0.15, 0.2) is 0 Å². The second-order valence-corrected chi connectivity index (χ2v) is 5.85. The van der Waals surface area contributed by atoms with Gasteiger partial charge in [0, 0.05) is 6.54 Å². The van der Waals surface area contributed by atoms with Gasteiger partial charge in [-0.15, -0.1) is 0 Å². The summed E-state index contributed by atoms with van der Waals surface area (Å²) in [6.07, 6.45) is 0.399. The molecule has 2 atom stereocenters. The molecule has 0 aliphatic carbocycles. The molecule has 1 rings (SSSR count). The number of likely N-dealkylation sites (tertiary alicyclic amines) is 1. The van der Waals surface area contributed by atoms with Crippen LogP contribution in [0.3, 0.4) is 0 Å². The molecule has 1 saturated heterocycles. The molecule has 1 fully saturated rings. The maximum Gasteiger partial charge on any atom is 0.410 e. The first kappa shape index (κ1) is 15.8. The highest BCUT2D eigenvalue weighted by Crippen LogP contribution is 2.27. The first-order chi connectivity index (χ1) is 8.76. The first-order valence-corrected chi connectivity index (χ1v) is 6.44. The van der Waals surface area contributed by atoms with Crippen molar-refractivity contribution in [3.8, 4) is 0 Å². The molecule has 6 heteroatoms. The van der Waals surface area contributed by atoms with Gasteiger partial charge in [-0.3, -0.25) is 4.79 Å². The zero-order chi connectivity index (χ0) is 14.6. The summed E-state index contributed by atoms with van der Waals surface area (Å²) in [6.45, 7) is 5.66. The quantitative estimate of drug-likeness (QED) is 0.781. The Bertz CT molecular complexity index is 336. The lowest BCUT2D eigenvalue weighted by atomic mass is 10.0. The van der Waals surface area contributed by atoms with Crippen LogP contribution in [0.4, 0.5) is 4.79 Å². The van der Waals surface area contributed by atoms with Gasteiger partial charge in [-0.2, -0.15) is 0 Å². The maximum absolute atomic E-state index is 12.0. The Morgan fingerprint density at radius 1 is 1.37 bits per heavy atom. The van der Waals surface area contributed by atoms with Crippen LogP contribution in [-0.2, 0) is 14.3 Å². The smallest absolute Gasteiger partial charge is 0.410 e. The first-order valence-electron chi connectivity index (χ1n) is 6.44. The van der Waals surface area contributed by atoms with Gasteiger partial charge in [-0.25, -0.2) is 4.79 Å². The average molecular weight is 273 g/mol. The van der Waals surface area contributed by atoms with E-state index in [1.54, 1.807) is 20.8 Å². The maximum atomic E-state index is 12.0. The molecule has 19 heavy (non-hydrogen) atoms. The molecule has 6 nitrogen and oxygen atoms in total. The molecule has 110 valence electrons. The number of hydrogen-bond acceptors (Lipinski definition) is 5. The molecule has 0 spiro atoms. The predicted octanol–water partition coefficient (Wildman–Crippen LogP) is 1.17. The lowest BCUT2D eigenvalue weighted by Gasteiger charge is -2.27. The van der Waals surface area contributed by atoms with Crippen LogP contribution in [0, 0.1) is 5.92 Å². The van der Waals surface area contributed by atoms with Gasteiger partial charge in [-0.05, 0) is 33.1 Å². The van der Waals surface area contributed by atoms with Crippen LogP contribution in [-0.4, -0.2) is 54.0 Å². The number of rotatable bonds is 3. The van der Waals surface area contributed by atoms with Crippen LogP contribution in [0.2, 0.25) is 0 Å². The van der Waals surface area contributed by atoms with Crippen molar-refractivity contribution in [2.24, 2.45) is 5.92 Å². The van der Waals surface area contributed by atoms with Crippen LogP contribution in [0.15, 0.2) is 0 Å². The zero-order valence-electron chi connectivity index (χ0n) is 12.0. The number of amides is 1. The summed E-state index contributed by atoms with van der Waals surface area (Å²) in [5, 5.41) is 9.33. The number of carbonyl (C=O) groups is 2. The van der Waals surface area contributed by atoms with Crippen molar-refractivity contribution in [2.45, 2.75) is 45.3 Å². The number of nitrogens with zero attached hydrogens (tertiary/aromatic N) is 1. The SMILES string of the molecule is COC(=O)C[C@H]1C[C@@H](CO)N(C(=O)OC(C)(C)C)C1. The second-order valence-electron chi connectivity index (χ2n) is 5.85. The highest BCUT2D eigenvalue weighted by atomic mass is 16.6. The number of ether oxygens (including phenoxy) is 2. The Kier molecular flexibility index (Phi) is 5.17. The van der Waals surface area contributed by atoms with Crippen molar-refractivity contribution in [1.82, 2.24) is 4.90 Å². The van der Waals surface area contributed by atoms with Crippen LogP contribution < -0.4 is 0 Å². The summed E-state index contributed by atoms with van der Waals surface area (Å²) >= 11 is 0. The van der Waals surface area contributed by atoms with E-state index in [1.165, 1.54) is 12.0 Å². The van der Waals surface area contributed by atoms with Crippen LogP contribution in [0.1, 0.15) is 33.6 Å². The van der Waals surface area contributed by atoms with E-state index < -0.39 is 11.7 Å². The molecule has 1 aliphatic heterocycles. The standard InChI is InChI=1S/C13H23NO5/c1-13(2,3)19-12(17)14-7-9(5-10(14)8-15)6-11(16)18-4/h9-10,15H,5-8H2,1-4H3/t9-,10+/m1/s1. The summed E-state index contributed by atoms with van der Waals surface area (Å²) < 4.78 is 9.91. The fourth-order valence-corrected chi connectivity index (χ4v) is 2.20. The van der Waals surface area contributed by atoms with Crippen LogP contribution >= 0.6 is 0 Å². The number of hydrogen-bond donors (Lipinski definition) is 1. The minimum atomic E-state index is -0.572. The molecule has 1 N–H and O–H groups in total. The van der Waals surface area contributed by atoms with Crippen molar-refractivity contribution < 1.29 is 24.2 Å². The molecule has 0 aromatic carbocycles. The predicted molar refractivity (Wildman–Crippen MR) is 68.6 cm³/mol. The van der Waals surface area contributed by atoms with Gasteiger partial charge in [0.2, 0.25) is 0 Å². The van der Waals surface area contributed by atoms with Crippen molar-refractivity contribution >= 4 is 12.1 Å². The third kappa shape index (κ3) is 4.70. The van der Waals surface area contributed by atoms with Gasteiger partial charge >= 0.3 is 12.1 Å². The van der Waals surface area contributed by atoms with E-state index in [2.05, 4.69) is 4.74 Å². The lowest BCUT2D eigenvalue weighted by molar-refractivity contribution is -0.141. The Morgan fingerprint density at radius 3 is 2.47 bits per heavy atom. The largest absolute Gasteiger partial charge is 0.469 e. The molecule has 0 bridgehead atoms. The molecule has 0 saturated carbocycles. The number of carbonyl (C=O) groups excluding carboxylic acids is 2. The summed E-state index contributed by atoms with van der Waals surface area (Å²) in [4.78, 5) is 24.8. The van der Waals surface area contributed by atoms with E-state index in [0.29, 0.717) is 13.0 Å². The molecule has 0 aromatic rings. The minimum Gasteiger partial charge on any atom is -0.469 e. The fraction of sp³-hybridized carbons (Fsp3) is 0.846. The number of methoxy groups -OCH3 is 1. The summed E-state index contributed by atoms with van der Waals surface area (Å²) in [6, 6.07) is -0.287. The third-order valence-electron chi connectivity index (χ3n) is 3.02. The third-order valence-corrected chi connectivity index (χ3v) is 3.02. The fourth-order valence-electron chi connectivity index (χ4n) is 2.20. The van der Waals surface area contributed by atoms with E-state index in [4.69, 9.17) is 4.74 Å². The Balaban J connectivity index is 2.62. The van der Waals surface area contributed by atoms with E-state index in [1.807, 2.05) is 0 Å². The van der Waals surface area contributed by atoms with Gasteiger partial charge in [0.05, 0.1) is 26.2 Å². The molecular formula is C13H23NO5. The van der Waals surface area contributed by atoms with Crippen LogP contribution in [0.5, 0.6) is 0 Å². The summed E-state index contributed by atoms with van der Waals surface area (Å²) in [5.41, 5.74) is -0.572. The normalized spacial score (nSPS) is 23.3. The molecule has 1 heterocycles. The molecule has 0 radical (unpaired) electrons. The van der Waals surface area contributed by atoms with E-state index >= 15 is 0 Å².